The molecule has 5 nitrogen and oxygen atoms in total. The van der Waals surface area contributed by atoms with Crippen molar-refractivity contribution < 1.29 is 4.74 Å². The Hall–Kier alpha value is -1.20. The topological polar surface area (TPSA) is 64.3 Å². The summed E-state index contributed by atoms with van der Waals surface area (Å²) >= 11 is 0. The first kappa shape index (κ1) is 10.9. The highest BCUT2D eigenvalue weighted by atomic mass is 16.5. The van der Waals surface area contributed by atoms with E-state index >= 15 is 0 Å². The second-order valence-corrected chi connectivity index (χ2v) is 3.16. The third-order valence-corrected chi connectivity index (χ3v) is 1.71. The van der Waals surface area contributed by atoms with Gasteiger partial charge in [0.25, 0.3) is 0 Å². The van der Waals surface area contributed by atoms with Gasteiger partial charge >= 0.3 is 0 Å². The summed E-state index contributed by atoms with van der Waals surface area (Å²) in [5.74, 6) is 0.539. The largest absolute Gasteiger partial charge is 0.475 e. The van der Waals surface area contributed by atoms with E-state index < -0.39 is 0 Å². The zero-order valence-corrected chi connectivity index (χ0v) is 8.60. The molecule has 0 aliphatic rings. The molecule has 0 saturated carbocycles. The summed E-state index contributed by atoms with van der Waals surface area (Å²) in [5, 5.41) is 0. The van der Waals surface area contributed by atoms with Gasteiger partial charge in [-0.2, -0.15) is 0 Å². The van der Waals surface area contributed by atoms with Gasteiger partial charge in [-0.1, -0.05) is 0 Å². The number of aromatic nitrogens is 2. The molecule has 0 aliphatic heterocycles. The van der Waals surface area contributed by atoms with Gasteiger partial charge < -0.3 is 15.4 Å². The Bertz CT molecular complexity index is 277. The van der Waals surface area contributed by atoms with Crippen molar-refractivity contribution in [3.63, 3.8) is 0 Å². The maximum Gasteiger partial charge on any atom is 0.237 e. The number of hydrogen-bond donors (Lipinski definition) is 1. The molecule has 0 unspecified atom stereocenters. The Morgan fingerprint density at radius 2 is 2.07 bits per heavy atom. The molecule has 78 valence electrons. The van der Waals surface area contributed by atoms with Crippen molar-refractivity contribution in [2.24, 2.45) is 5.73 Å². The lowest BCUT2D eigenvalue weighted by molar-refractivity contribution is 0.250. The molecule has 0 radical (unpaired) electrons. The Morgan fingerprint density at radius 3 is 2.71 bits per heavy atom. The van der Waals surface area contributed by atoms with E-state index in [1.165, 1.54) is 0 Å². The maximum absolute atomic E-state index is 5.49. The first-order chi connectivity index (χ1) is 6.74. The Balaban J connectivity index is 2.49. The minimum Gasteiger partial charge on any atom is -0.475 e. The molecule has 0 aromatic carbocycles. The van der Waals surface area contributed by atoms with Crippen molar-refractivity contribution >= 4 is 0 Å². The molecule has 1 heterocycles. The fraction of sp³-hybridized carbons (Fsp3) is 0.556. The van der Waals surface area contributed by atoms with Crippen LogP contribution in [0.15, 0.2) is 12.4 Å². The smallest absolute Gasteiger partial charge is 0.237 e. The maximum atomic E-state index is 5.49. The zero-order valence-electron chi connectivity index (χ0n) is 8.60. The van der Waals surface area contributed by atoms with Crippen LogP contribution in [0, 0.1) is 0 Å². The van der Waals surface area contributed by atoms with Crippen molar-refractivity contribution in [2.45, 2.75) is 6.54 Å². The SMILES string of the molecule is CN(C)CCOc1nccnc1CN. The minimum atomic E-state index is 0.352. The third kappa shape index (κ3) is 3.27. The molecular weight excluding hydrogens is 180 g/mol. The summed E-state index contributed by atoms with van der Waals surface area (Å²) in [7, 11) is 3.98. The van der Waals surface area contributed by atoms with Crippen molar-refractivity contribution in [1.82, 2.24) is 14.9 Å². The fourth-order valence-electron chi connectivity index (χ4n) is 0.940. The van der Waals surface area contributed by atoms with E-state index in [4.69, 9.17) is 10.5 Å². The molecule has 0 atom stereocenters. The van der Waals surface area contributed by atoms with Gasteiger partial charge in [0.2, 0.25) is 5.88 Å². The van der Waals surface area contributed by atoms with Gasteiger partial charge in [-0.3, -0.25) is 4.98 Å². The fourth-order valence-corrected chi connectivity index (χ4v) is 0.940. The number of rotatable bonds is 5. The Labute approximate surface area is 83.9 Å². The molecule has 1 aromatic heterocycles. The molecule has 5 heteroatoms. The average molecular weight is 196 g/mol. The van der Waals surface area contributed by atoms with Crippen molar-refractivity contribution in [3.8, 4) is 5.88 Å². The highest BCUT2D eigenvalue weighted by Gasteiger charge is 2.03. The molecule has 0 fully saturated rings. The monoisotopic (exact) mass is 196 g/mol. The molecule has 0 aliphatic carbocycles. The van der Waals surface area contributed by atoms with E-state index in [2.05, 4.69) is 9.97 Å². The molecule has 0 bridgehead atoms. The molecule has 0 spiro atoms. The lowest BCUT2D eigenvalue weighted by atomic mass is 10.4. The van der Waals surface area contributed by atoms with Gasteiger partial charge in [-0.25, -0.2) is 4.98 Å². The van der Waals surface area contributed by atoms with Gasteiger partial charge in [0.1, 0.15) is 12.3 Å². The van der Waals surface area contributed by atoms with Gasteiger partial charge in [0, 0.05) is 25.5 Å². The second kappa shape index (κ2) is 5.51. The zero-order chi connectivity index (χ0) is 10.4. The van der Waals surface area contributed by atoms with Crippen LogP contribution in [0.25, 0.3) is 0 Å². The third-order valence-electron chi connectivity index (χ3n) is 1.71. The summed E-state index contributed by atoms with van der Waals surface area (Å²) in [6, 6.07) is 0. The summed E-state index contributed by atoms with van der Waals surface area (Å²) < 4.78 is 5.44. The minimum absolute atomic E-state index is 0.352. The van der Waals surface area contributed by atoms with E-state index in [-0.39, 0.29) is 0 Å². The summed E-state index contributed by atoms with van der Waals surface area (Å²) in [6.45, 7) is 1.80. The second-order valence-electron chi connectivity index (χ2n) is 3.16. The molecule has 1 aromatic rings. The number of ether oxygens (including phenoxy) is 1. The van der Waals surface area contributed by atoms with E-state index in [0.29, 0.717) is 24.7 Å². The highest BCUT2D eigenvalue weighted by Crippen LogP contribution is 2.09. The van der Waals surface area contributed by atoms with E-state index in [1.807, 2.05) is 19.0 Å². The molecule has 14 heavy (non-hydrogen) atoms. The average Bonchev–Trinajstić information content (AvgIpc) is 2.18. The number of likely N-dealkylation sites (N-methyl/N-ethyl adjacent to an activating group) is 1. The molecule has 0 amide bonds. The van der Waals surface area contributed by atoms with Crippen LogP contribution in [0.2, 0.25) is 0 Å². The molecule has 2 N–H and O–H groups in total. The van der Waals surface area contributed by atoms with Crippen LogP contribution >= 0.6 is 0 Å². The van der Waals surface area contributed by atoms with Gasteiger partial charge in [-0.05, 0) is 14.1 Å². The van der Waals surface area contributed by atoms with Gasteiger partial charge in [0.15, 0.2) is 0 Å². The first-order valence-corrected chi connectivity index (χ1v) is 4.51. The van der Waals surface area contributed by atoms with Crippen LogP contribution in [0.1, 0.15) is 5.69 Å². The summed E-state index contributed by atoms with van der Waals surface area (Å²) in [6.07, 6.45) is 3.21. The predicted molar refractivity (Wildman–Crippen MR) is 54.0 cm³/mol. The Morgan fingerprint density at radius 1 is 1.36 bits per heavy atom. The normalized spacial score (nSPS) is 10.6. The van der Waals surface area contributed by atoms with Crippen molar-refractivity contribution in [2.75, 3.05) is 27.2 Å². The number of nitrogens with two attached hydrogens (primary N) is 1. The van der Waals surface area contributed by atoms with E-state index in [1.54, 1.807) is 12.4 Å². The molecule has 1 rings (SSSR count). The molecular formula is C9H16N4O. The molecule has 0 saturated heterocycles. The van der Waals surface area contributed by atoms with Crippen LogP contribution in [0.4, 0.5) is 0 Å². The quantitative estimate of drug-likeness (QED) is 0.711. The standard InChI is InChI=1S/C9H16N4O/c1-13(2)5-6-14-9-8(7-10)11-3-4-12-9/h3-4H,5-7,10H2,1-2H3. The van der Waals surface area contributed by atoms with Crippen LogP contribution in [0.3, 0.4) is 0 Å². The summed E-state index contributed by atoms with van der Waals surface area (Å²) in [4.78, 5) is 10.2. The van der Waals surface area contributed by atoms with Crippen LogP contribution in [-0.2, 0) is 6.54 Å². The van der Waals surface area contributed by atoms with Gasteiger partial charge in [0.05, 0.1) is 0 Å². The predicted octanol–water partition coefficient (Wildman–Crippen LogP) is -0.124. The van der Waals surface area contributed by atoms with Crippen LogP contribution in [0.5, 0.6) is 5.88 Å². The van der Waals surface area contributed by atoms with Crippen molar-refractivity contribution in [3.05, 3.63) is 18.1 Å². The summed E-state index contributed by atoms with van der Waals surface area (Å²) in [5.41, 5.74) is 6.19. The van der Waals surface area contributed by atoms with Crippen LogP contribution in [-0.4, -0.2) is 42.1 Å². The Kier molecular flexibility index (Phi) is 4.28. The number of nitrogens with zero attached hydrogens (tertiary/aromatic N) is 3. The van der Waals surface area contributed by atoms with E-state index in [9.17, 15) is 0 Å². The van der Waals surface area contributed by atoms with Crippen LogP contribution < -0.4 is 10.5 Å². The number of hydrogen-bond acceptors (Lipinski definition) is 5. The lowest BCUT2D eigenvalue weighted by Crippen LogP contribution is -2.20. The van der Waals surface area contributed by atoms with E-state index in [0.717, 1.165) is 6.54 Å². The first-order valence-electron chi connectivity index (χ1n) is 4.51. The lowest BCUT2D eigenvalue weighted by Gasteiger charge is -2.11. The van der Waals surface area contributed by atoms with Crippen molar-refractivity contribution in [1.29, 1.82) is 0 Å². The van der Waals surface area contributed by atoms with Gasteiger partial charge in [-0.15, -0.1) is 0 Å². The highest BCUT2D eigenvalue weighted by molar-refractivity contribution is 5.16.